The summed E-state index contributed by atoms with van der Waals surface area (Å²) in [7, 11) is 1.84. The molecule has 0 spiro atoms. The van der Waals surface area contributed by atoms with Crippen LogP contribution in [0.25, 0.3) is 10.9 Å². The van der Waals surface area contributed by atoms with Crippen LogP contribution < -0.4 is 10.6 Å². The average molecular weight is 485 g/mol. The van der Waals surface area contributed by atoms with Gasteiger partial charge in [0.05, 0.1) is 0 Å². The van der Waals surface area contributed by atoms with Gasteiger partial charge in [0.25, 0.3) is 0 Å². The number of nitrogen functional groups attached to an aromatic ring is 1. The van der Waals surface area contributed by atoms with E-state index in [-0.39, 0.29) is 42.8 Å². The molecule has 0 aliphatic heterocycles. The summed E-state index contributed by atoms with van der Waals surface area (Å²) in [5.74, 6) is -1.49. The predicted molar refractivity (Wildman–Crippen MR) is 135 cm³/mol. The van der Waals surface area contributed by atoms with Crippen LogP contribution in [-0.2, 0) is 23.1 Å². The fourth-order valence-electron chi connectivity index (χ4n) is 3.77. The van der Waals surface area contributed by atoms with Crippen LogP contribution >= 0.6 is 12.4 Å². The second-order valence-electron chi connectivity index (χ2n) is 8.04. The number of ketones is 1. The summed E-state index contributed by atoms with van der Waals surface area (Å²) in [6.07, 6.45) is 3.68. The van der Waals surface area contributed by atoms with Gasteiger partial charge < -0.3 is 20.3 Å². The van der Waals surface area contributed by atoms with Gasteiger partial charge in [-0.2, -0.15) is 0 Å². The zero-order valence-corrected chi connectivity index (χ0v) is 20.0. The summed E-state index contributed by atoms with van der Waals surface area (Å²) in [6, 6.07) is 12.2. The second-order valence-corrected chi connectivity index (χ2v) is 8.04. The number of anilines is 1. The van der Waals surface area contributed by atoms with E-state index in [1.54, 1.807) is 48.7 Å². The normalized spacial score (nSPS) is 10.5. The van der Waals surface area contributed by atoms with E-state index in [1.165, 1.54) is 4.90 Å². The highest BCUT2D eigenvalue weighted by Crippen LogP contribution is 2.28. The van der Waals surface area contributed by atoms with Crippen molar-refractivity contribution >= 4 is 52.5 Å². The lowest BCUT2D eigenvalue weighted by Crippen LogP contribution is -2.35. The molecule has 8 nitrogen and oxygen atoms in total. The number of aromatic nitrogens is 1. The number of carbonyl (C=O) groups is 3. The van der Waals surface area contributed by atoms with Gasteiger partial charge in [-0.1, -0.05) is 37.6 Å². The van der Waals surface area contributed by atoms with Gasteiger partial charge in [0.1, 0.15) is 12.4 Å². The molecular formula is C25H29ClN4O4. The van der Waals surface area contributed by atoms with Crippen molar-refractivity contribution in [1.29, 1.82) is 5.41 Å². The Bertz CT molecular complexity index is 1220. The molecule has 0 saturated heterocycles. The Kier molecular flexibility index (Phi) is 8.97. The van der Waals surface area contributed by atoms with Crippen LogP contribution in [0.4, 0.5) is 5.69 Å². The largest absolute Gasteiger partial charge is 0.480 e. The molecule has 0 aliphatic carbocycles. The highest BCUT2D eigenvalue weighted by molar-refractivity contribution is 6.10. The Morgan fingerprint density at radius 3 is 2.38 bits per heavy atom. The molecule has 0 unspecified atom stereocenters. The van der Waals surface area contributed by atoms with Crippen molar-refractivity contribution in [1.82, 2.24) is 4.57 Å². The molecule has 0 radical (unpaired) electrons. The zero-order valence-electron chi connectivity index (χ0n) is 19.2. The number of hydrogen-bond acceptors (Lipinski definition) is 4. The summed E-state index contributed by atoms with van der Waals surface area (Å²) in [6.45, 7) is 1.53. The molecule has 9 heteroatoms. The minimum atomic E-state index is -1.10. The monoisotopic (exact) mass is 484 g/mol. The molecule has 0 aliphatic rings. The van der Waals surface area contributed by atoms with Gasteiger partial charge in [0, 0.05) is 53.8 Å². The number of fused-ring (bicyclic) bond motifs is 1. The fraction of sp³-hybridized carbons (Fsp3) is 0.280. The van der Waals surface area contributed by atoms with E-state index < -0.39 is 12.5 Å². The number of Topliss-reactive ketones (excluding diaryl/α,β-unsaturated/α-hetero) is 1. The molecule has 3 rings (SSSR count). The number of hydrogen-bond donors (Lipinski definition) is 3. The molecule has 0 atom stereocenters. The summed E-state index contributed by atoms with van der Waals surface area (Å²) in [5, 5.41) is 17.5. The summed E-state index contributed by atoms with van der Waals surface area (Å²) in [5.41, 5.74) is 8.64. The van der Waals surface area contributed by atoms with Crippen LogP contribution in [0.15, 0.2) is 48.7 Å². The Balaban J connectivity index is 0.00000408. The molecule has 34 heavy (non-hydrogen) atoms. The predicted octanol–water partition coefficient (Wildman–Crippen LogP) is 3.92. The number of unbranched alkanes of at least 4 members (excludes halogenated alkanes) is 1. The van der Waals surface area contributed by atoms with E-state index in [2.05, 4.69) is 0 Å². The molecule has 1 amide bonds. The van der Waals surface area contributed by atoms with Gasteiger partial charge in [-0.15, -0.1) is 12.4 Å². The molecule has 2 aromatic carbocycles. The van der Waals surface area contributed by atoms with Crippen LogP contribution in [-0.4, -0.2) is 39.7 Å². The lowest BCUT2D eigenvalue weighted by Gasteiger charge is -2.21. The molecular weight excluding hydrogens is 456 g/mol. The first-order chi connectivity index (χ1) is 15.7. The third-order valence-electron chi connectivity index (χ3n) is 5.55. The number of carbonyl (C=O) groups excluding carboxylic acids is 2. The van der Waals surface area contributed by atoms with Gasteiger partial charge in [-0.3, -0.25) is 19.8 Å². The van der Waals surface area contributed by atoms with Crippen LogP contribution in [0.5, 0.6) is 0 Å². The van der Waals surface area contributed by atoms with Crippen LogP contribution in [0.1, 0.15) is 47.7 Å². The molecule has 0 bridgehead atoms. The third-order valence-corrected chi connectivity index (χ3v) is 5.55. The quantitative estimate of drug-likeness (QED) is 0.228. The van der Waals surface area contributed by atoms with Gasteiger partial charge in [0.2, 0.25) is 5.91 Å². The van der Waals surface area contributed by atoms with E-state index in [9.17, 15) is 19.5 Å². The number of amidine groups is 1. The van der Waals surface area contributed by atoms with Crippen molar-refractivity contribution in [2.75, 3.05) is 11.4 Å². The van der Waals surface area contributed by atoms with E-state index >= 15 is 0 Å². The van der Waals surface area contributed by atoms with E-state index in [1.807, 2.05) is 18.5 Å². The number of aryl methyl sites for hydroxylation is 1. The molecule has 0 fully saturated rings. The lowest BCUT2D eigenvalue weighted by atomic mass is 10.0. The Hall–Kier alpha value is -3.65. The smallest absolute Gasteiger partial charge is 0.323 e. The van der Waals surface area contributed by atoms with Crippen molar-refractivity contribution in [3.63, 3.8) is 0 Å². The van der Waals surface area contributed by atoms with Crippen LogP contribution in [0.2, 0.25) is 0 Å². The highest BCUT2D eigenvalue weighted by atomic mass is 35.5. The Morgan fingerprint density at radius 2 is 1.79 bits per heavy atom. The maximum atomic E-state index is 13.1. The number of carboxylic acids is 1. The minimum absolute atomic E-state index is 0. The second kappa shape index (κ2) is 11.5. The third kappa shape index (κ3) is 6.02. The number of benzene rings is 2. The number of nitrogens with one attached hydrogen (secondary N) is 1. The van der Waals surface area contributed by atoms with Gasteiger partial charge in [0.15, 0.2) is 5.78 Å². The highest BCUT2D eigenvalue weighted by Gasteiger charge is 2.21. The van der Waals surface area contributed by atoms with Crippen molar-refractivity contribution in [2.24, 2.45) is 12.8 Å². The summed E-state index contributed by atoms with van der Waals surface area (Å²) < 4.78 is 1.84. The van der Waals surface area contributed by atoms with Crippen LogP contribution in [0.3, 0.4) is 0 Å². The average Bonchev–Trinajstić information content (AvgIpc) is 3.12. The summed E-state index contributed by atoms with van der Waals surface area (Å²) >= 11 is 0. The molecule has 1 aromatic heterocycles. The van der Waals surface area contributed by atoms with Crippen LogP contribution in [0, 0.1) is 5.41 Å². The van der Waals surface area contributed by atoms with Crippen molar-refractivity contribution in [3.8, 4) is 0 Å². The van der Waals surface area contributed by atoms with Crippen molar-refractivity contribution < 1.29 is 19.5 Å². The zero-order chi connectivity index (χ0) is 24.1. The Morgan fingerprint density at radius 1 is 1.12 bits per heavy atom. The fourth-order valence-corrected chi connectivity index (χ4v) is 3.77. The molecule has 3 aromatic rings. The molecule has 1 heterocycles. The number of carboxylic acid groups (broad SMARTS) is 1. The summed E-state index contributed by atoms with van der Waals surface area (Å²) in [4.78, 5) is 38.5. The first-order valence-electron chi connectivity index (χ1n) is 10.8. The van der Waals surface area contributed by atoms with Crippen molar-refractivity contribution in [2.45, 2.75) is 32.6 Å². The SMILES string of the molecule is CCCCC(=O)N(CC(=O)O)c1ccc2c(c1)c(C(=O)Cc1ccc(C(=N)N)cc1)cn2C.Cl. The maximum Gasteiger partial charge on any atom is 0.323 e. The lowest BCUT2D eigenvalue weighted by molar-refractivity contribution is -0.136. The molecule has 4 N–H and O–H groups in total. The minimum Gasteiger partial charge on any atom is -0.480 e. The standard InChI is InChI=1S/C25H28N4O4.ClH/c1-3-4-5-23(31)29(15-24(32)33)18-10-11-21-19(13-18)20(14-28(21)2)22(30)12-16-6-8-17(9-7-16)25(26)27;/h6-11,13-14H,3-5,12,15H2,1-2H3,(H3,26,27)(H,32,33);1H. The number of amides is 1. The van der Waals surface area contributed by atoms with E-state index in [0.29, 0.717) is 28.6 Å². The number of rotatable bonds is 10. The number of aliphatic carboxylic acids is 1. The Labute approximate surface area is 204 Å². The number of halogens is 1. The number of nitrogens with two attached hydrogens (primary N) is 1. The van der Waals surface area contributed by atoms with Gasteiger partial charge >= 0.3 is 5.97 Å². The molecule has 0 saturated carbocycles. The number of nitrogens with zero attached hydrogens (tertiary/aromatic N) is 2. The van der Waals surface area contributed by atoms with Gasteiger partial charge in [-0.25, -0.2) is 0 Å². The van der Waals surface area contributed by atoms with Crippen molar-refractivity contribution in [3.05, 3.63) is 65.4 Å². The van der Waals surface area contributed by atoms with E-state index in [4.69, 9.17) is 11.1 Å². The maximum absolute atomic E-state index is 13.1. The first kappa shape index (κ1) is 26.6. The topological polar surface area (TPSA) is 129 Å². The molecule has 180 valence electrons. The first-order valence-corrected chi connectivity index (χ1v) is 10.8. The van der Waals surface area contributed by atoms with E-state index in [0.717, 1.165) is 17.5 Å². The van der Waals surface area contributed by atoms with Gasteiger partial charge in [-0.05, 0) is 30.2 Å².